The van der Waals surface area contributed by atoms with Gasteiger partial charge in [0.25, 0.3) is 0 Å². The van der Waals surface area contributed by atoms with E-state index in [9.17, 15) is 4.79 Å². The third-order valence-electron chi connectivity index (χ3n) is 2.28. The number of benzene rings is 1. The van der Waals surface area contributed by atoms with E-state index in [1.165, 1.54) is 7.11 Å². The topological polar surface area (TPSA) is 26.3 Å². The lowest BCUT2D eigenvalue weighted by atomic mass is 9.85. The average Bonchev–Trinajstić information content (AvgIpc) is 2.17. The Morgan fingerprint density at radius 3 is 2.21 bits per heavy atom. The molecule has 1 aromatic rings. The summed E-state index contributed by atoms with van der Waals surface area (Å²) in [6.45, 7) is 3.68. The second-order valence-corrected chi connectivity index (χ2v) is 4.18. The van der Waals surface area contributed by atoms with Crippen LogP contribution in [0.1, 0.15) is 19.4 Å². The molecule has 1 aromatic carbocycles. The first-order valence-electron chi connectivity index (χ1n) is 4.36. The van der Waals surface area contributed by atoms with Gasteiger partial charge in [0, 0.05) is 4.90 Å². The highest BCUT2D eigenvalue weighted by Crippen LogP contribution is 2.25. The number of ether oxygens (including phenoxy) is 1. The van der Waals surface area contributed by atoms with Gasteiger partial charge < -0.3 is 4.74 Å². The largest absolute Gasteiger partial charge is 0.468 e. The van der Waals surface area contributed by atoms with Gasteiger partial charge >= 0.3 is 5.97 Å². The molecule has 0 aliphatic rings. The van der Waals surface area contributed by atoms with Gasteiger partial charge in [0.1, 0.15) is 0 Å². The summed E-state index contributed by atoms with van der Waals surface area (Å²) in [4.78, 5) is 12.4. The zero-order valence-electron chi connectivity index (χ0n) is 8.57. The Labute approximate surface area is 89.7 Å². The Hall–Kier alpha value is -0.960. The molecule has 0 atom stereocenters. The maximum Gasteiger partial charge on any atom is 0.315 e. The monoisotopic (exact) mass is 210 g/mol. The van der Waals surface area contributed by atoms with Crippen LogP contribution >= 0.6 is 12.6 Å². The lowest BCUT2D eigenvalue weighted by Crippen LogP contribution is -2.30. The number of rotatable bonds is 2. The van der Waals surface area contributed by atoms with Crippen LogP contribution in [-0.2, 0) is 14.9 Å². The summed E-state index contributed by atoms with van der Waals surface area (Å²) >= 11 is 4.19. The number of methoxy groups -OCH3 is 1. The minimum Gasteiger partial charge on any atom is -0.468 e. The van der Waals surface area contributed by atoms with Gasteiger partial charge in [-0.1, -0.05) is 12.1 Å². The van der Waals surface area contributed by atoms with E-state index in [-0.39, 0.29) is 5.97 Å². The van der Waals surface area contributed by atoms with Crippen LogP contribution in [-0.4, -0.2) is 13.1 Å². The quantitative estimate of drug-likeness (QED) is 0.599. The molecular weight excluding hydrogens is 196 g/mol. The van der Waals surface area contributed by atoms with Gasteiger partial charge in [-0.3, -0.25) is 4.79 Å². The van der Waals surface area contributed by atoms with E-state index in [2.05, 4.69) is 12.6 Å². The number of esters is 1. The minimum absolute atomic E-state index is 0.232. The van der Waals surface area contributed by atoms with Gasteiger partial charge in [0.2, 0.25) is 0 Å². The van der Waals surface area contributed by atoms with Crippen molar-refractivity contribution in [2.75, 3.05) is 7.11 Å². The molecule has 0 N–H and O–H groups in total. The Morgan fingerprint density at radius 1 is 1.29 bits per heavy atom. The van der Waals surface area contributed by atoms with Gasteiger partial charge in [0.05, 0.1) is 12.5 Å². The fourth-order valence-corrected chi connectivity index (χ4v) is 1.40. The van der Waals surface area contributed by atoms with Crippen molar-refractivity contribution in [2.45, 2.75) is 24.2 Å². The third-order valence-corrected chi connectivity index (χ3v) is 2.58. The van der Waals surface area contributed by atoms with Crippen LogP contribution in [0.4, 0.5) is 0 Å². The van der Waals surface area contributed by atoms with E-state index in [0.29, 0.717) is 0 Å². The first-order valence-corrected chi connectivity index (χ1v) is 4.81. The number of thiol groups is 1. The van der Waals surface area contributed by atoms with Crippen LogP contribution in [0.2, 0.25) is 0 Å². The highest BCUT2D eigenvalue weighted by molar-refractivity contribution is 7.80. The molecule has 0 amide bonds. The number of carbonyl (C=O) groups is 1. The summed E-state index contributed by atoms with van der Waals surface area (Å²) in [7, 11) is 1.40. The zero-order chi connectivity index (χ0) is 10.8. The van der Waals surface area contributed by atoms with Gasteiger partial charge in [-0.25, -0.2) is 0 Å². The Balaban J connectivity index is 3.03. The van der Waals surface area contributed by atoms with Crippen molar-refractivity contribution in [1.29, 1.82) is 0 Å². The Morgan fingerprint density at radius 2 is 1.79 bits per heavy atom. The summed E-state index contributed by atoms with van der Waals surface area (Å²) in [5, 5.41) is 0. The molecule has 0 saturated heterocycles. The van der Waals surface area contributed by atoms with E-state index >= 15 is 0 Å². The molecule has 0 aliphatic carbocycles. The maximum absolute atomic E-state index is 11.5. The fourth-order valence-electron chi connectivity index (χ4n) is 1.25. The normalized spacial score (nSPS) is 11.1. The van der Waals surface area contributed by atoms with Gasteiger partial charge in [0.15, 0.2) is 0 Å². The highest BCUT2D eigenvalue weighted by Gasteiger charge is 2.30. The molecule has 0 radical (unpaired) electrons. The first kappa shape index (κ1) is 11.1. The SMILES string of the molecule is COC(=O)C(C)(C)c1ccc(S)cc1. The van der Waals surface area contributed by atoms with Crippen LogP contribution in [0.25, 0.3) is 0 Å². The van der Waals surface area contributed by atoms with Crippen molar-refractivity contribution < 1.29 is 9.53 Å². The molecule has 2 nitrogen and oxygen atoms in total. The molecule has 0 spiro atoms. The van der Waals surface area contributed by atoms with Crippen LogP contribution in [0.5, 0.6) is 0 Å². The molecule has 0 saturated carbocycles. The molecular formula is C11H14O2S. The molecule has 3 heteroatoms. The van der Waals surface area contributed by atoms with E-state index in [1.54, 1.807) is 0 Å². The van der Waals surface area contributed by atoms with Gasteiger partial charge in [-0.15, -0.1) is 12.6 Å². The van der Waals surface area contributed by atoms with Crippen molar-refractivity contribution in [2.24, 2.45) is 0 Å². The predicted octanol–water partition coefficient (Wildman–Crippen LogP) is 2.43. The van der Waals surface area contributed by atoms with Crippen LogP contribution < -0.4 is 0 Å². The Bertz CT molecular complexity index is 328. The number of carbonyl (C=O) groups excluding carboxylic acids is 1. The summed E-state index contributed by atoms with van der Waals surface area (Å²) < 4.78 is 4.74. The smallest absolute Gasteiger partial charge is 0.315 e. The van der Waals surface area contributed by atoms with Gasteiger partial charge in [-0.2, -0.15) is 0 Å². The zero-order valence-corrected chi connectivity index (χ0v) is 9.47. The first-order chi connectivity index (χ1) is 6.48. The molecule has 1 rings (SSSR count). The molecule has 0 bridgehead atoms. The summed E-state index contributed by atoms with van der Waals surface area (Å²) in [6, 6.07) is 7.50. The highest BCUT2D eigenvalue weighted by atomic mass is 32.1. The van der Waals surface area contributed by atoms with Gasteiger partial charge in [-0.05, 0) is 31.5 Å². The number of hydrogen-bond acceptors (Lipinski definition) is 3. The van der Waals surface area contributed by atoms with Crippen molar-refractivity contribution in [3.63, 3.8) is 0 Å². The molecule has 14 heavy (non-hydrogen) atoms. The van der Waals surface area contributed by atoms with E-state index < -0.39 is 5.41 Å². The molecule has 0 aromatic heterocycles. The van der Waals surface area contributed by atoms with E-state index in [1.807, 2.05) is 38.1 Å². The lowest BCUT2D eigenvalue weighted by molar-refractivity contribution is -0.146. The second kappa shape index (κ2) is 4.05. The van der Waals surface area contributed by atoms with Crippen molar-refractivity contribution >= 4 is 18.6 Å². The third kappa shape index (κ3) is 2.10. The summed E-state index contributed by atoms with van der Waals surface area (Å²) in [5.74, 6) is -0.232. The molecule has 76 valence electrons. The minimum atomic E-state index is -0.601. The summed E-state index contributed by atoms with van der Waals surface area (Å²) in [6.07, 6.45) is 0. The molecule has 0 heterocycles. The number of hydrogen-bond donors (Lipinski definition) is 1. The molecule has 0 unspecified atom stereocenters. The van der Waals surface area contributed by atoms with Crippen LogP contribution in [0.15, 0.2) is 29.2 Å². The van der Waals surface area contributed by atoms with Crippen LogP contribution in [0, 0.1) is 0 Å². The van der Waals surface area contributed by atoms with E-state index in [4.69, 9.17) is 4.74 Å². The predicted molar refractivity (Wildman–Crippen MR) is 58.7 cm³/mol. The molecule has 0 fully saturated rings. The van der Waals surface area contributed by atoms with Crippen molar-refractivity contribution in [3.05, 3.63) is 29.8 Å². The van der Waals surface area contributed by atoms with Crippen LogP contribution in [0.3, 0.4) is 0 Å². The maximum atomic E-state index is 11.5. The lowest BCUT2D eigenvalue weighted by Gasteiger charge is -2.21. The fraction of sp³-hybridized carbons (Fsp3) is 0.364. The Kier molecular flexibility index (Phi) is 3.21. The average molecular weight is 210 g/mol. The summed E-state index contributed by atoms with van der Waals surface area (Å²) in [5.41, 5.74) is 0.332. The standard InChI is InChI=1S/C11H14O2S/c1-11(2,10(12)13-3)8-4-6-9(14)7-5-8/h4-7,14H,1-3H3. The second-order valence-electron chi connectivity index (χ2n) is 3.66. The molecule has 0 aliphatic heterocycles. The van der Waals surface area contributed by atoms with Crippen molar-refractivity contribution in [3.8, 4) is 0 Å². The van der Waals surface area contributed by atoms with E-state index in [0.717, 1.165) is 10.5 Å². The van der Waals surface area contributed by atoms with Crippen molar-refractivity contribution in [1.82, 2.24) is 0 Å².